The maximum absolute atomic E-state index is 14.0. The first-order chi connectivity index (χ1) is 31.6. The van der Waals surface area contributed by atoms with Gasteiger partial charge in [0.2, 0.25) is 5.82 Å². The number of nitrogens with one attached hydrogen (secondary N) is 3. The number of anilines is 2. The van der Waals surface area contributed by atoms with E-state index in [1.165, 1.54) is 17.3 Å². The van der Waals surface area contributed by atoms with Crippen LogP contribution in [0.3, 0.4) is 0 Å². The summed E-state index contributed by atoms with van der Waals surface area (Å²) in [6, 6.07) is 19.3. The Balaban J connectivity index is 0.901. The molecule has 5 heterocycles. The van der Waals surface area contributed by atoms with Gasteiger partial charge in [-0.15, -0.1) is 0 Å². The van der Waals surface area contributed by atoms with E-state index in [0.29, 0.717) is 42.4 Å². The Morgan fingerprint density at radius 1 is 1.02 bits per heavy atom. The Morgan fingerprint density at radius 3 is 2.52 bits per heavy atom. The average molecular weight is 919 g/mol. The lowest BCUT2D eigenvalue weighted by Gasteiger charge is -2.58. The molecule has 1 unspecified atom stereocenters. The molecule has 5 aromatic rings. The summed E-state index contributed by atoms with van der Waals surface area (Å²) in [6.07, 6.45) is 12.9. The number of benzene rings is 2. The minimum atomic E-state index is -4.61. The molecule has 9 rings (SSSR count). The van der Waals surface area contributed by atoms with Crippen LogP contribution < -0.4 is 19.7 Å². The maximum atomic E-state index is 14.0. The number of amides is 1. The zero-order valence-electron chi connectivity index (χ0n) is 38.6. The zero-order valence-corrected chi connectivity index (χ0v) is 39.4. The van der Waals surface area contributed by atoms with E-state index in [9.17, 15) is 23.3 Å². The third-order valence-corrected chi connectivity index (χ3v) is 16.1. The third-order valence-electron chi connectivity index (χ3n) is 14.8. The number of pyridine rings is 2. The number of hydrogen-bond donors (Lipinski definition) is 3. The van der Waals surface area contributed by atoms with Crippen molar-refractivity contribution in [1.29, 1.82) is 0 Å². The van der Waals surface area contributed by atoms with Crippen LogP contribution >= 0.6 is 0 Å². The number of carbonyl (C=O) groups excluding carboxylic acids is 1. The number of hydrogen-bond acceptors (Lipinski definition) is 12. The summed E-state index contributed by atoms with van der Waals surface area (Å²) < 4.78 is 42.2. The first-order valence-corrected chi connectivity index (χ1v) is 25.0. The molecule has 350 valence electrons. The normalized spacial score (nSPS) is 21.5. The molecule has 2 saturated heterocycles. The Labute approximate surface area is 387 Å². The number of carbonyl (C=O) groups is 1. The molecule has 4 fully saturated rings. The number of H-pyrrole nitrogens is 1. The fourth-order valence-electron chi connectivity index (χ4n) is 10.7. The van der Waals surface area contributed by atoms with Gasteiger partial charge in [-0.1, -0.05) is 52.0 Å². The second kappa shape index (κ2) is 18.2. The van der Waals surface area contributed by atoms with Crippen molar-refractivity contribution in [2.24, 2.45) is 16.7 Å². The number of aromatic nitrogens is 3. The molecule has 15 nitrogen and oxygen atoms in total. The second-order valence-corrected chi connectivity index (χ2v) is 22.0. The predicted molar refractivity (Wildman–Crippen MR) is 255 cm³/mol. The highest BCUT2D eigenvalue weighted by Gasteiger charge is 2.50. The van der Waals surface area contributed by atoms with E-state index in [4.69, 9.17) is 9.47 Å². The molecular weight excluding hydrogens is 857 g/mol. The topological polar surface area (TPSA) is 185 Å². The number of piperidine rings is 1. The molecule has 16 heteroatoms. The van der Waals surface area contributed by atoms with Gasteiger partial charge in [-0.05, 0) is 116 Å². The van der Waals surface area contributed by atoms with Gasteiger partial charge in [0, 0.05) is 61.6 Å². The molecule has 2 aliphatic carbocycles. The number of sulfonamides is 1. The van der Waals surface area contributed by atoms with Crippen LogP contribution in [0, 0.1) is 26.9 Å². The molecule has 3 aromatic heterocycles. The molecule has 66 heavy (non-hydrogen) atoms. The number of morpholine rings is 1. The Kier molecular flexibility index (Phi) is 12.6. The summed E-state index contributed by atoms with van der Waals surface area (Å²) in [6.45, 7) is 14.9. The van der Waals surface area contributed by atoms with Gasteiger partial charge in [0.25, 0.3) is 15.9 Å². The van der Waals surface area contributed by atoms with E-state index in [1.54, 1.807) is 24.4 Å². The first-order valence-electron chi connectivity index (χ1n) is 23.5. The van der Waals surface area contributed by atoms with Crippen molar-refractivity contribution in [2.45, 2.75) is 115 Å². The molecule has 0 bridgehead atoms. The second-order valence-electron chi connectivity index (χ2n) is 20.3. The number of ether oxygens (including phenoxy) is 2. The molecular formula is C50H62N8O7S. The van der Waals surface area contributed by atoms with Crippen LogP contribution in [-0.4, -0.2) is 84.0 Å². The van der Waals surface area contributed by atoms with Crippen LogP contribution in [0.1, 0.15) is 119 Å². The average Bonchev–Trinajstić information content (AvgIpc) is 3.76. The molecule has 0 radical (unpaired) electrons. The quantitative estimate of drug-likeness (QED) is 0.0752. The first kappa shape index (κ1) is 45.6. The van der Waals surface area contributed by atoms with E-state index in [2.05, 4.69) is 93.7 Å². The summed E-state index contributed by atoms with van der Waals surface area (Å²) in [5.74, 6) is 0.288. The van der Waals surface area contributed by atoms with Crippen molar-refractivity contribution in [3.05, 3.63) is 106 Å². The van der Waals surface area contributed by atoms with Crippen molar-refractivity contribution in [2.75, 3.05) is 43.0 Å². The lowest BCUT2D eigenvalue weighted by atomic mass is 9.59. The number of aromatic amines is 1. The predicted octanol–water partition coefficient (Wildman–Crippen LogP) is 9.74. The minimum Gasteiger partial charge on any atom is -0.455 e. The standard InChI is InChI=1S/C50H62N8O7S/c1-32(2)40-8-6-7-9-41(40)44-31-64-33(3)30-57(44)37-25-50(26-37)17-20-56(21-18-50)36-10-11-42(45(23-36)65-38-22-35-14-19-51-46(35)53-28-38)48(59)55-66(62,63)39-24-43(58(60)61)47(54-29-39)52-27-34-12-15-49(4,5)16-13-34/h6-11,14,19,22-24,28-29,32-34,37,44H,12-13,15-18,20-21,25-27,30-31H2,1-5H3,(H,51,53)(H,52,54)(H,55,59)/t33?,44-/m1/s1. The molecule has 2 aliphatic heterocycles. The largest absolute Gasteiger partial charge is 0.455 e. The van der Waals surface area contributed by atoms with Crippen molar-refractivity contribution in [3.63, 3.8) is 0 Å². The monoisotopic (exact) mass is 918 g/mol. The van der Waals surface area contributed by atoms with E-state index in [-0.39, 0.29) is 40.1 Å². The number of fused-ring (bicyclic) bond motifs is 1. The third kappa shape index (κ3) is 9.63. The SMILES string of the molecule is CC1CN(C2CC3(CCN(c4ccc(C(=O)NS(=O)(=O)c5cnc(NCC6CCC(C)(C)CC6)c([N+](=O)[O-])c5)c(Oc5cnc6[nH]ccc6c5)c4)CC3)C2)[C@@H](c2ccccc2C(C)C)CO1. The molecule has 1 amide bonds. The molecule has 3 N–H and O–H groups in total. The molecule has 4 aliphatic rings. The lowest BCUT2D eigenvalue weighted by molar-refractivity contribution is -0.384. The van der Waals surface area contributed by atoms with Crippen LogP contribution in [-0.2, 0) is 14.8 Å². The Bertz CT molecular complexity index is 2700. The van der Waals surface area contributed by atoms with Gasteiger partial charge in [0.1, 0.15) is 22.0 Å². The van der Waals surface area contributed by atoms with Crippen LogP contribution in [0.4, 0.5) is 17.2 Å². The summed E-state index contributed by atoms with van der Waals surface area (Å²) in [7, 11) is -4.61. The van der Waals surface area contributed by atoms with Crippen LogP contribution in [0.5, 0.6) is 11.5 Å². The van der Waals surface area contributed by atoms with Crippen molar-refractivity contribution < 1.29 is 27.6 Å². The van der Waals surface area contributed by atoms with Gasteiger partial charge < -0.3 is 24.7 Å². The fraction of sp³-hybridized carbons (Fsp3) is 0.500. The van der Waals surface area contributed by atoms with Crippen LogP contribution in [0.2, 0.25) is 0 Å². The van der Waals surface area contributed by atoms with E-state index in [1.807, 2.05) is 12.1 Å². The van der Waals surface area contributed by atoms with Gasteiger partial charge in [-0.3, -0.25) is 19.8 Å². The number of rotatable bonds is 13. The van der Waals surface area contributed by atoms with E-state index < -0.39 is 31.4 Å². The minimum absolute atomic E-state index is 0.0150. The highest BCUT2D eigenvalue weighted by atomic mass is 32.2. The van der Waals surface area contributed by atoms with Gasteiger partial charge in [0.15, 0.2) is 0 Å². The molecule has 2 aromatic carbocycles. The Hall–Kier alpha value is -5.58. The Morgan fingerprint density at radius 2 is 1.77 bits per heavy atom. The molecule has 2 atom stereocenters. The summed E-state index contributed by atoms with van der Waals surface area (Å²) >= 11 is 0. The van der Waals surface area contributed by atoms with Gasteiger partial charge in [0.05, 0.1) is 41.6 Å². The van der Waals surface area contributed by atoms with E-state index >= 15 is 0 Å². The fourth-order valence-corrected chi connectivity index (χ4v) is 11.7. The van der Waals surface area contributed by atoms with Crippen molar-refractivity contribution >= 4 is 44.2 Å². The summed E-state index contributed by atoms with van der Waals surface area (Å²) in [4.78, 5) is 41.7. The number of nitro groups is 1. The zero-order chi connectivity index (χ0) is 46.4. The number of nitrogens with zero attached hydrogens (tertiary/aromatic N) is 5. The molecule has 2 saturated carbocycles. The van der Waals surface area contributed by atoms with E-state index in [0.717, 1.165) is 94.3 Å². The van der Waals surface area contributed by atoms with Gasteiger partial charge in [-0.2, -0.15) is 0 Å². The van der Waals surface area contributed by atoms with Crippen molar-refractivity contribution in [1.82, 2.24) is 24.6 Å². The smallest absolute Gasteiger partial charge is 0.312 e. The van der Waals surface area contributed by atoms with Gasteiger partial charge >= 0.3 is 5.69 Å². The maximum Gasteiger partial charge on any atom is 0.312 e. The van der Waals surface area contributed by atoms with Crippen LogP contribution in [0.15, 0.2) is 84.1 Å². The molecule has 1 spiro atoms. The van der Waals surface area contributed by atoms with Crippen LogP contribution in [0.25, 0.3) is 11.0 Å². The lowest BCUT2D eigenvalue weighted by Crippen LogP contribution is -2.59. The van der Waals surface area contributed by atoms with Gasteiger partial charge in [-0.25, -0.2) is 23.1 Å². The summed E-state index contributed by atoms with van der Waals surface area (Å²) in [5.41, 5.74) is 4.28. The van der Waals surface area contributed by atoms with Crippen molar-refractivity contribution in [3.8, 4) is 11.5 Å². The highest BCUT2D eigenvalue weighted by molar-refractivity contribution is 7.90. The summed E-state index contributed by atoms with van der Waals surface area (Å²) in [5, 5.41) is 16.1. The highest BCUT2D eigenvalue weighted by Crippen LogP contribution is 2.53.